The minimum absolute atomic E-state index is 0.351. The number of hydrogen-bond acceptors (Lipinski definition) is 1. The molecule has 0 aliphatic carbocycles. The molecule has 1 aromatic rings. The van der Waals surface area contributed by atoms with Gasteiger partial charge < -0.3 is 5.11 Å². The molecule has 0 fully saturated rings. The van der Waals surface area contributed by atoms with Crippen molar-refractivity contribution >= 4 is 5.97 Å². The molecule has 2 nitrogen and oxygen atoms in total. The van der Waals surface area contributed by atoms with Crippen LogP contribution in [0.3, 0.4) is 0 Å². The van der Waals surface area contributed by atoms with Crippen molar-refractivity contribution in [3.63, 3.8) is 0 Å². The van der Waals surface area contributed by atoms with Gasteiger partial charge in [-0.25, -0.2) is 4.39 Å². The van der Waals surface area contributed by atoms with E-state index in [1.807, 2.05) is 0 Å². The lowest BCUT2D eigenvalue weighted by Gasteiger charge is -2.04. The van der Waals surface area contributed by atoms with Crippen LogP contribution >= 0.6 is 0 Å². The van der Waals surface area contributed by atoms with Gasteiger partial charge in [-0.1, -0.05) is 12.1 Å². The highest BCUT2D eigenvalue weighted by Crippen LogP contribution is 2.15. The number of rotatable bonds is 2. The molecule has 3 heteroatoms. The van der Waals surface area contributed by atoms with Gasteiger partial charge in [0.05, 0.1) is 5.92 Å². The van der Waals surface area contributed by atoms with Crippen LogP contribution in [0, 0.1) is 5.82 Å². The maximum atomic E-state index is 12.4. The predicted octanol–water partition coefficient (Wildman–Crippen LogP) is 2.01. The molecule has 1 aromatic carbocycles. The summed E-state index contributed by atoms with van der Waals surface area (Å²) in [5, 5.41) is 8.61. The molecule has 0 radical (unpaired) electrons. The zero-order valence-corrected chi connectivity index (χ0v) is 6.62. The van der Waals surface area contributed by atoms with Crippen molar-refractivity contribution in [2.75, 3.05) is 0 Å². The third-order valence-corrected chi connectivity index (χ3v) is 1.74. The maximum Gasteiger partial charge on any atom is 0.310 e. The van der Waals surface area contributed by atoms with Crippen molar-refractivity contribution in [1.29, 1.82) is 0 Å². The Balaban J connectivity index is 2.89. The Kier molecular flexibility index (Phi) is 2.43. The van der Waals surface area contributed by atoms with Crippen molar-refractivity contribution in [1.82, 2.24) is 0 Å². The highest BCUT2D eigenvalue weighted by Gasteiger charge is 2.12. The number of carboxylic acids is 1. The first-order valence-electron chi connectivity index (χ1n) is 3.59. The van der Waals surface area contributed by atoms with Gasteiger partial charge in [0.2, 0.25) is 0 Å². The van der Waals surface area contributed by atoms with Gasteiger partial charge in [-0.15, -0.1) is 0 Å². The van der Waals surface area contributed by atoms with Crippen LogP contribution < -0.4 is 0 Å². The summed E-state index contributed by atoms with van der Waals surface area (Å²) >= 11 is 0. The van der Waals surface area contributed by atoms with Crippen LogP contribution in [0.4, 0.5) is 4.39 Å². The van der Waals surface area contributed by atoms with E-state index in [1.165, 1.54) is 24.3 Å². The number of benzene rings is 1. The highest BCUT2D eigenvalue weighted by molar-refractivity contribution is 5.75. The van der Waals surface area contributed by atoms with Crippen LogP contribution in [0.5, 0.6) is 0 Å². The predicted molar refractivity (Wildman–Crippen MR) is 42.5 cm³/mol. The van der Waals surface area contributed by atoms with Gasteiger partial charge in [0.1, 0.15) is 5.82 Å². The van der Waals surface area contributed by atoms with Gasteiger partial charge in [0.25, 0.3) is 0 Å². The minimum atomic E-state index is -0.901. The van der Waals surface area contributed by atoms with E-state index >= 15 is 0 Å². The largest absolute Gasteiger partial charge is 0.481 e. The van der Waals surface area contributed by atoms with E-state index in [1.54, 1.807) is 6.92 Å². The molecule has 1 N–H and O–H groups in total. The fraction of sp³-hybridized carbons (Fsp3) is 0.222. The summed E-state index contributed by atoms with van der Waals surface area (Å²) in [4.78, 5) is 10.5. The van der Waals surface area contributed by atoms with Crippen LogP contribution in [-0.2, 0) is 4.79 Å². The summed E-state index contributed by atoms with van der Waals surface area (Å²) in [6.07, 6.45) is 0. The molecule has 0 heterocycles. The monoisotopic (exact) mass is 168 g/mol. The molecule has 0 aromatic heterocycles. The quantitative estimate of drug-likeness (QED) is 0.733. The molecule has 12 heavy (non-hydrogen) atoms. The average Bonchev–Trinajstić information content (AvgIpc) is 2.04. The number of hydrogen-bond donors (Lipinski definition) is 1. The first-order valence-corrected chi connectivity index (χ1v) is 3.59. The Morgan fingerprint density at radius 2 is 1.92 bits per heavy atom. The van der Waals surface area contributed by atoms with Gasteiger partial charge in [0.15, 0.2) is 0 Å². The van der Waals surface area contributed by atoms with Gasteiger partial charge in [0, 0.05) is 0 Å². The molecule has 0 unspecified atom stereocenters. The number of carbonyl (C=O) groups is 1. The SMILES string of the molecule is C[C@H](C(=O)O)c1ccc(F)cc1. The van der Waals surface area contributed by atoms with Gasteiger partial charge >= 0.3 is 5.97 Å². The van der Waals surface area contributed by atoms with Gasteiger partial charge in [-0.2, -0.15) is 0 Å². The second kappa shape index (κ2) is 3.34. The van der Waals surface area contributed by atoms with Crippen molar-refractivity contribution in [2.45, 2.75) is 12.8 Å². The molecule has 1 atom stereocenters. The molecule has 0 spiro atoms. The summed E-state index contributed by atoms with van der Waals surface area (Å²) in [5.41, 5.74) is 0.615. The van der Waals surface area contributed by atoms with E-state index in [0.717, 1.165) is 0 Å². The third kappa shape index (κ3) is 1.81. The first kappa shape index (κ1) is 8.71. The lowest BCUT2D eigenvalue weighted by molar-refractivity contribution is -0.138. The van der Waals surface area contributed by atoms with Crippen molar-refractivity contribution in [2.24, 2.45) is 0 Å². The van der Waals surface area contributed by atoms with Gasteiger partial charge in [-0.3, -0.25) is 4.79 Å². The Morgan fingerprint density at radius 1 is 1.42 bits per heavy atom. The zero-order valence-electron chi connectivity index (χ0n) is 6.62. The smallest absolute Gasteiger partial charge is 0.310 e. The fourth-order valence-electron chi connectivity index (χ4n) is 0.894. The normalized spacial score (nSPS) is 12.5. The van der Waals surface area contributed by atoms with Crippen LogP contribution in [-0.4, -0.2) is 11.1 Å². The van der Waals surface area contributed by atoms with Gasteiger partial charge in [-0.05, 0) is 24.6 Å². The van der Waals surface area contributed by atoms with Crippen LogP contribution in [0.1, 0.15) is 18.4 Å². The topological polar surface area (TPSA) is 37.3 Å². The Labute approximate surface area is 69.6 Å². The molecule has 0 amide bonds. The third-order valence-electron chi connectivity index (χ3n) is 1.74. The van der Waals surface area contributed by atoms with Crippen molar-refractivity contribution < 1.29 is 14.3 Å². The van der Waals surface area contributed by atoms with E-state index in [0.29, 0.717) is 5.56 Å². The van der Waals surface area contributed by atoms with E-state index in [4.69, 9.17) is 5.11 Å². The van der Waals surface area contributed by atoms with E-state index in [9.17, 15) is 9.18 Å². The average molecular weight is 168 g/mol. The highest BCUT2D eigenvalue weighted by atomic mass is 19.1. The van der Waals surface area contributed by atoms with Crippen LogP contribution in [0.15, 0.2) is 24.3 Å². The number of halogens is 1. The summed E-state index contributed by atoms with van der Waals surface area (Å²) in [6.45, 7) is 1.57. The molecule has 0 aliphatic rings. The summed E-state index contributed by atoms with van der Waals surface area (Å²) in [7, 11) is 0. The minimum Gasteiger partial charge on any atom is -0.481 e. The zero-order chi connectivity index (χ0) is 9.14. The second-order valence-corrected chi connectivity index (χ2v) is 2.61. The summed E-state index contributed by atoms with van der Waals surface area (Å²) in [6, 6.07) is 5.48. The Morgan fingerprint density at radius 3 is 2.33 bits per heavy atom. The standard InChI is InChI=1S/C9H9FO2/c1-6(9(11)12)7-2-4-8(10)5-3-7/h2-6H,1H3,(H,11,12)/t6-/m0/s1. The van der Waals surface area contributed by atoms with E-state index in [2.05, 4.69) is 0 Å². The Bertz CT molecular complexity index is 279. The summed E-state index contributed by atoms with van der Waals surface area (Å²) in [5.74, 6) is -1.83. The molecular formula is C9H9FO2. The van der Waals surface area contributed by atoms with E-state index < -0.39 is 11.9 Å². The lowest BCUT2D eigenvalue weighted by Crippen LogP contribution is -2.06. The number of aliphatic carboxylic acids is 1. The second-order valence-electron chi connectivity index (χ2n) is 2.61. The van der Waals surface area contributed by atoms with Crippen LogP contribution in [0.25, 0.3) is 0 Å². The molecule has 0 saturated heterocycles. The molecule has 0 bridgehead atoms. The van der Waals surface area contributed by atoms with Crippen LogP contribution in [0.2, 0.25) is 0 Å². The molecule has 0 aliphatic heterocycles. The molecule has 1 rings (SSSR count). The maximum absolute atomic E-state index is 12.4. The Hall–Kier alpha value is -1.38. The van der Waals surface area contributed by atoms with Crippen molar-refractivity contribution in [3.05, 3.63) is 35.6 Å². The molecule has 64 valence electrons. The van der Waals surface area contributed by atoms with Crippen molar-refractivity contribution in [3.8, 4) is 0 Å². The number of carboxylic acid groups (broad SMARTS) is 1. The van der Waals surface area contributed by atoms with E-state index in [-0.39, 0.29) is 5.82 Å². The first-order chi connectivity index (χ1) is 5.61. The fourth-order valence-corrected chi connectivity index (χ4v) is 0.894. The summed E-state index contributed by atoms with van der Waals surface area (Å²) < 4.78 is 12.4. The molecule has 0 saturated carbocycles. The lowest BCUT2D eigenvalue weighted by atomic mass is 10.0. The molecular weight excluding hydrogens is 159 g/mol.